The van der Waals surface area contributed by atoms with Crippen LogP contribution in [0.3, 0.4) is 0 Å². The molecule has 1 aliphatic heterocycles. The fraction of sp³-hybridized carbons (Fsp3) is 0.222. The molecule has 0 atom stereocenters. The highest BCUT2D eigenvalue weighted by molar-refractivity contribution is 5.90. The Labute approximate surface area is 149 Å². The van der Waals surface area contributed by atoms with Crippen LogP contribution in [0, 0.1) is 0 Å². The highest BCUT2D eigenvalue weighted by Crippen LogP contribution is 2.28. The van der Waals surface area contributed by atoms with Gasteiger partial charge in [0.1, 0.15) is 11.4 Å². The molecule has 0 spiro atoms. The van der Waals surface area contributed by atoms with E-state index in [2.05, 4.69) is 20.4 Å². The van der Waals surface area contributed by atoms with Crippen molar-refractivity contribution in [2.45, 2.75) is 5.92 Å². The van der Waals surface area contributed by atoms with Crippen LogP contribution in [0.2, 0.25) is 0 Å². The molecule has 3 aromatic rings. The van der Waals surface area contributed by atoms with Crippen LogP contribution in [0.25, 0.3) is 11.5 Å². The summed E-state index contributed by atoms with van der Waals surface area (Å²) in [4.78, 5) is 22.5. The van der Waals surface area contributed by atoms with Gasteiger partial charge in [0.05, 0.1) is 13.0 Å². The van der Waals surface area contributed by atoms with E-state index in [1.807, 2.05) is 18.2 Å². The van der Waals surface area contributed by atoms with E-state index < -0.39 is 0 Å². The van der Waals surface area contributed by atoms with E-state index in [4.69, 9.17) is 9.26 Å². The van der Waals surface area contributed by atoms with Gasteiger partial charge < -0.3 is 19.5 Å². The minimum absolute atomic E-state index is 0.0431. The Balaban J connectivity index is 1.33. The molecule has 26 heavy (non-hydrogen) atoms. The van der Waals surface area contributed by atoms with Crippen LogP contribution in [-0.4, -0.2) is 46.3 Å². The van der Waals surface area contributed by atoms with Crippen LogP contribution in [-0.2, 0) is 0 Å². The summed E-state index contributed by atoms with van der Waals surface area (Å²) in [6.07, 6.45) is 1.68. The van der Waals surface area contributed by atoms with Gasteiger partial charge in [-0.25, -0.2) is 4.79 Å². The molecule has 0 aliphatic carbocycles. The van der Waals surface area contributed by atoms with Gasteiger partial charge in [0.15, 0.2) is 0 Å². The summed E-state index contributed by atoms with van der Waals surface area (Å²) in [6.45, 7) is 1.07. The first kappa shape index (κ1) is 16.1. The van der Waals surface area contributed by atoms with Crippen LogP contribution in [0.15, 0.2) is 53.2 Å². The molecule has 1 fully saturated rings. The molecule has 1 aromatic carbocycles. The number of anilines is 1. The average Bonchev–Trinajstić information content (AvgIpc) is 3.11. The molecule has 0 radical (unpaired) electrons. The molecule has 8 nitrogen and oxygen atoms in total. The van der Waals surface area contributed by atoms with Gasteiger partial charge in [-0.15, -0.1) is 0 Å². The minimum atomic E-state index is -0.157. The fourth-order valence-electron chi connectivity index (χ4n) is 2.68. The zero-order valence-corrected chi connectivity index (χ0v) is 14.1. The normalized spacial score (nSPS) is 14.0. The number of amides is 2. The van der Waals surface area contributed by atoms with Crippen LogP contribution >= 0.6 is 0 Å². The third-order valence-electron chi connectivity index (χ3n) is 4.20. The van der Waals surface area contributed by atoms with E-state index in [-0.39, 0.29) is 11.9 Å². The van der Waals surface area contributed by atoms with Gasteiger partial charge in [-0.05, 0) is 36.4 Å². The molecule has 1 saturated heterocycles. The number of aromatic nitrogens is 3. The number of rotatable bonds is 4. The minimum Gasteiger partial charge on any atom is -0.497 e. The Hall–Kier alpha value is -3.42. The molecular weight excluding hydrogens is 334 g/mol. The Morgan fingerprint density at radius 2 is 2.04 bits per heavy atom. The van der Waals surface area contributed by atoms with Crippen molar-refractivity contribution in [3.8, 4) is 17.3 Å². The molecule has 1 N–H and O–H groups in total. The van der Waals surface area contributed by atoms with Crippen molar-refractivity contribution in [3.05, 3.63) is 54.6 Å². The maximum atomic E-state index is 12.3. The molecule has 0 unspecified atom stereocenters. The standard InChI is InChI=1S/C18H17N5O3/c1-25-14-7-5-13(6-8-14)20-18(24)23-10-12(11-23)17-21-16(22-26-17)15-4-2-3-9-19-15/h2-9,12H,10-11H2,1H3,(H,20,24). The lowest BCUT2D eigenvalue weighted by molar-refractivity contribution is 0.147. The number of pyridine rings is 1. The van der Waals surface area contributed by atoms with E-state index in [9.17, 15) is 4.79 Å². The van der Waals surface area contributed by atoms with Crippen LogP contribution < -0.4 is 10.1 Å². The lowest BCUT2D eigenvalue weighted by Gasteiger charge is -2.36. The predicted molar refractivity (Wildman–Crippen MR) is 93.9 cm³/mol. The van der Waals surface area contributed by atoms with Gasteiger partial charge >= 0.3 is 6.03 Å². The van der Waals surface area contributed by atoms with E-state index in [0.717, 1.165) is 11.4 Å². The van der Waals surface area contributed by atoms with Crippen LogP contribution in [0.4, 0.5) is 10.5 Å². The maximum absolute atomic E-state index is 12.3. The highest BCUT2D eigenvalue weighted by atomic mass is 16.5. The van der Waals surface area contributed by atoms with Crippen molar-refractivity contribution in [1.29, 1.82) is 0 Å². The number of carbonyl (C=O) groups excluding carboxylic acids is 1. The SMILES string of the molecule is COc1ccc(NC(=O)N2CC(c3nc(-c4ccccn4)no3)C2)cc1. The average molecular weight is 351 g/mol. The van der Waals surface area contributed by atoms with Crippen molar-refractivity contribution < 1.29 is 14.1 Å². The Morgan fingerprint density at radius 3 is 2.73 bits per heavy atom. The number of hydrogen-bond donors (Lipinski definition) is 1. The van der Waals surface area contributed by atoms with Gasteiger partial charge in [0.2, 0.25) is 11.7 Å². The zero-order valence-electron chi connectivity index (χ0n) is 14.1. The number of carbonyl (C=O) groups is 1. The summed E-state index contributed by atoms with van der Waals surface area (Å²) in [5, 5.41) is 6.82. The van der Waals surface area contributed by atoms with Gasteiger partial charge in [-0.2, -0.15) is 4.98 Å². The Kier molecular flexibility index (Phi) is 4.22. The Morgan fingerprint density at radius 1 is 1.23 bits per heavy atom. The summed E-state index contributed by atoms with van der Waals surface area (Å²) >= 11 is 0. The molecule has 8 heteroatoms. The lowest BCUT2D eigenvalue weighted by atomic mass is 10.0. The number of methoxy groups -OCH3 is 1. The molecule has 1 aliphatic rings. The van der Waals surface area contributed by atoms with Gasteiger partial charge in [0, 0.05) is 25.0 Å². The van der Waals surface area contributed by atoms with Crippen LogP contribution in [0.5, 0.6) is 5.75 Å². The third-order valence-corrected chi connectivity index (χ3v) is 4.20. The fourth-order valence-corrected chi connectivity index (χ4v) is 2.68. The topological polar surface area (TPSA) is 93.4 Å². The molecule has 2 amide bonds. The number of nitrogens with zero attached hydrogens (tertiary/aromatic N) is 4. The van der Waals surface area contributed by atoms with E-state index >= 15 is 0 Å². The van der Waals surface area contributed by atoms with Crippen molar-refractivity contribution in [2.24, 2.45) is 0 Å². The monoisotopic (exact) mass is 351 g/mol. The largest absolute Gasteiger partial charge is 0.497 e. The summed E-state index contributed by atoms with van der Waals surface area (Å²) < 4.78 is 10.4. The highest BCUT2D eigenvalue weighted by Gasteiger charge is 2.35. The van der Waals surface area contributed by atoms with E-state index in [1.165, 1.54) is 0 Å². The summed E-state index contributed by atoms with van der Waals surface area (Å²) in [5.41, 5.74) is 1.38. The lowest BCUT2D eigenvalue weighted by Crippen LogP contribution is -2.50. The third kappa shape index (κ3) is 3.21. The second kappa shape index (κ2) is 6.83. The number of likely N-dealkylation sites (tertiary alicyclic amines) is 1. The quantitative estimate of drug-likeness (QED) is 0.777. The number of hydrogen-bond acceptors (Lipinski definition) is 6. The van der Waals surface area contributed by atoms with Gasteiger partial charge in [-0.1, -0.05) is 11.2 Å². The zero-order chi connectivity index (χ0) is 17.9. The molecule has 3 heterocycles. The number of ether oxygens (including phenoxy) is 1. The predicted octanol–water partition coefficient (Wildman–Crippen LogP) is 2.77. The Bertz CT molecular complexity index is 889. The first-order chi connectivity index (χ1) is 12.7. The smallest absolute Gasteiger partial charge is 0.321 e. The van der Waals surface area contributed by atoms with Crippen molar-refractivity contribution in [2.75, 3.05) is 25.5 Å². The maximum Gasteiger partial charge on any atom is 0.321 e. The van der Waals surface area contributed by atoms with E-state index in [1.54, 1.807) is 42.5 Å². The first-order valence-corrected chi connectivity index (χ1v) is 8.18. The van der Waals surface area contributed by atoms with Gasteiger partial charge in [-0.3, -0.25) is 4.98 Å². The molecule has 0 bridgehead atoms. The van der Waals surface area contributed by atoms with Crippen LogP contribution in [0.1, 0.15) is 11.8 Å². The number of nitrogens with one attached hydrogen (secondary N) is 1. The first-order valence-electron chi connectivity index (χ1n) is 8.18. The molecule has 132 valence electrons. The number of benzene rings is 1. The molecular formula is C18H17N5O3. The van der Waals surface area contributed by atoms with Crippen molar-refractivity contribution >= 4 is 11.7 Å². The number of urea groups is 1. The molecule has 2 aromatic heterocycles. The van der Waals surface area contributed by atoms with Gasteiger partial charge in [0.25, 0.3) is 0 Å². The molecule has 4 rings (SSSR count). The summed E-state index contributed by atoms with van der Waals surface area (Å²) in [6, 6.07) is 12.6. The van der Waals surface area contributed by atoms with E-state index in [0.29, 0.717) is 30.5 Å². The summed E-state index contributed by atoms with van der Waals surface area (Å²) in [5.74, 6) is 1.77. The molecule has 0 saturated carbocycles. The van der Waals surface area contributed by atoms with Crippen molar-refractivity contribution in [1.82, 2.24) is 20.0 Å². The second-order valence-electron chi connectivity index (χ2n) is 5.93. The summed E-state index contributed by atoms with van der Waals surface area (Å²) in [7, 11) is 1.60. The second-order valence-corrected chi connectivity index (χ2v) is 5.93. The van der Waals surface area contributed by atoms with Crippen molar-refractivity contribution in [3.63, 3.8) is 0 Å².